The monoisotopic (exact) mass is 236 g/mol. The molecule has 0 atom stereocenters. The van der Waals surface area contributed by atoms with Crippen molar-refractivity contribution in [3.05, 3.63) is 29.3 Å². The average molecular weight is 236 g/mol. The van der Waals surface area contributed by atoms with E-state index in [4.69, 9.17) is 14.2 Å². The lowest BCUT2D eigenvalue weighted by molar-refractivity contribution is -0.150. The van der Waals surface area contributed by atoms with Gasteiger partial charge in [-0.25, -0.2) is 0 Å². The maximum atomic E-state index is 5.71. The van der Waals surface area contributed by atoms with Crippen molar-refractivity contribution < 1.29 is 14.2 Å². The predicted octanol–water partition coefficient (Wildman–Crippen LogP) is 2.84. The summed E-state index contributed by atoms with van der Waals surface area (Å²) in [6, 6.07) is 6.14. The fourth-order valence-corrected chi connectivity index (χ4v) is 1.86. The zero-order valence-electron chi connectivity index (χ0n) is 10.8. The molecule has 0 N–H and O–H groups in total. The standard InChI is InChI=1S/C14H20O3/c1-11-4-5-13(10-12(11)2)15-7-6-14(3)16-8-9-17-14/h4-5,10H,6-9H2,1-3H3. The van der Waals surface area contributed by atoms with Gasteiger partial charge in [-0.3, -0.25) is 0 Å². The molecule has 0 bridgehead atoms. The second-order valence-corrected chi connectivity index (χ2v) is 4.68. The smallest absolute Gasteiger partial charge is 0.168 e. The number of rotatable bonds is 4. The largest absolute Gasteiger partial charge is 0.493 e. The van der Waals surface area contributed by atoms with Gasteiger partial charge in [0.25, 0.3) is 0 Å². The summed E-state index contributed by atoms with van der Waals surface area (Å²) in [7, 11) is 0. The minimum Gasteiger partial charge on any atom is -0.493 e. The number of ether oxygens (including phenoxy) is 3. The molecule has 0 spiro atoms. The highest BCUT2D eigenvalue weighted by atomic mass is 16.7. The van der Waals surface area contributed by atoms with Gasteiger partial charge in [-0.2, -0.15) is 0 Å². The van der Waals surface area contributed by atoms with Crippen LogP contribution in [0.2, 0.25) is 0 Å². The summed E-state index contributed by atoms with van der Waals surface area (Å²) in [4.78, 5) is 0. The Morgan fingerprint density at radius 3 is 2.53 bits per heavy atom. The van der Waals surface area contributed by atoms with Crippen LogP contribution in [-0.4, -0.2) is 25.6 Å². The van der Waals surface area contributed by atoms with Crippen molar-refractivity contribution in [1.82, 2.24) is 0 Å². The third-order valence-corrected chi connectivity index (χ3v) is 3.20. The van der Waals surface area contributed by atoms with Crippen LogP contribution in [-0.2, 0) is 9.47 Å². The molecule has 0 radical (unpaired) electrons. The van der Waals surface area contributed by atoms with Crippen LogP contribution in [0.5, 0.6) is 5.75 Å². The summed E-state index contributed by atoms with van der Waals surface area (Å²) in [6.07, 6.45) is 0.750. The van der Waals surface area contributed by atoms with Gasteiger partial charge >= 0.3 is 0 Å². The van der Waals surface area contributed by atoms with E-state index >= 15 is 0 Å². The zero-order valence-corrected chi connectivity index (χ0v) is 10.8. The lowest BCUT2D eigenvalue weighted by atomic mass is 10.1. The van der Waals surface area contributed by atoms with E-state index in [1.54, 1.807) is 0 Å². The molecule has 2 rings (SSSR count). The van der Waals surface area contributed by atoms with E-state index in [0.717, 1.165) is 12.2 Å². The Hall–Kier alpha value is -1.06. The summed E-state index contributed by atoms with van der Waals surface area (Å²) in [6.45, 7) is 8.12. The van der Waals surface area contributed by atoms with E-state index in [-0.39, 0.29) is 0 Å². The highest BCUT2D eigenvalue weighted by Gasteiger charge is 2.30. The molecule has 0 unspecified atom stereocenters. The van der Waals surface area contributed by atoms with E-state index < -0.39 is 5.79 Å². The molecule has 0 amide bonds. The predicted molar refractivity (Wildman–Crippen MR) is 66.3 cm³/mol. The Kier molecular flexibility index (Phi) is 3.69. The van der Waals surface area contributed by atoms with E-state index in [2.05, 4.69) is 26.0 Å². The van der Waals surface area contributed by atoms with Gasteiger partial charge in [0.05, 0.1) is 19.8 Å². The third-order valence-electron chi connectivity index (χ3n) is 3.20. The number of benzene rings is 1. The highest BCUT2D eigenvalue weighted by Crippen LogP contribution is 2.23. The molecular weight excluding hydrogens is 216 g/mol. The molecule has 1 aliphatic heterocycles. The molecule has 1 aromatic carbocycles. The topological polar surface area (TPSA) is 27.7 Å². The van der Waals surface area contributed by atoms with E-state index in [1.165, 1.54) is 11.1 Å². The molecule has 0 aliphatic carbocycles. The Balaban J connectivity index is 1.83. The summed E-state index contributed by atoms with van der Waals surface area (Å²) in [5, 5.41) is 0. The fourth-order valence-electron chi connectivity index (χ4n) is 1.86. The van der Waals surface area contributed by atoms with Crippen LogP contribution in [0.3, 0.4) is 0 Å². The molecule has 0 aromatic heterocycles. The van der Waals surface area contributed by atoms with Crippen LogP contribution in [0.25, 0.3) is 0 Å². The first-order chi connectivity index (χ1) is 8.09. The van der Waals surface area contributed by atoms with Crippen molar-refractivity contribution >= 4 is 0 Å². The summed E-state index contributed by atoms with van der Waals surface area (Å²) in [5.41, 5.74) is 2.54. The third kappa shape index (κ3) is 3.20. The first-order valence-electron chi connectivity index (χ1n) is 6.07. The molecule has 1 saturated heterocycles. The number of hydrogen-bond donors (Lipinski definition) is 0. The molecule has 1 heterocycles. The second-order valence-electron chi connectivity index (χ2n) is 4.68. The van der Waals surface area contributed by atoms with E-state index in [0.29, 0.717) is 19.8 Å². The van der Waals surface area contributed by atoms with Crippen LogP contribution in [0.1, 0.15) is 24.5 Å². The van der Waals surface area contributed by atoms with Crippen LogP contribution in [0.4, 0.5) is 0 Å². The second kappa shape index (κ2) is 5.07. The molecule has 0 saturated carbocycles. The van der Waals surface area contributed by atoms with Gasteiger partial charge in [0, 0.05) is 6.42 Å². The van der Waals surface area contributed by atoms with Gasteiger partial charge in [0.2, 0.25) is 0 Å². The van der Waals surface area contributed by atoms with Crippen molar-refractivity contribution in [2.75, 3.05) is 19.8 Å². The average Bonchev–Trinajstić information content (AvgIpc) is 2.71. The molecule has 1 aliphatic rings. The summed E-state index contributed by atoms with van der Waals surface area (Å²) >= 11 is 0. The van der Waals surface area contributed by atoms with Crippen molar-refractivity contribution in [2.24, 2.45) is 0 Å². The first-order valence-corrected chi connectivity index (χ1v) is 6.07. The number of aryl methyl sites for hydroxylation is 2. The quantitative estimate of drug-likeness (QED) is 0.804. The summed E-state index contributed by atoms with van der Waals surface area (Å²) in [5.74, 6) is 0.453. The minimum atomic E-state index is -0.459. The molecule has 1 aromatic rings. The SMILES string of the molecule is Cc1ccc(OCCC2(C)OCCO2)cc1C. The first kappa shape index (κ1) is 12.4. The van der Waals surface area contributed by atoms with E-state index in [1.807, 2.05) is 13.0 Å². The van der Waals surface area contributed by atoms with E-state index in [9.17, 15) is 0 Å². The van der Waals surface area contributed by atoms with Crippen molar-refractivity contribution in [3.63, 3.8) is 0 Å². The lowest BCUT2D eigenvalue weighted by Gasteiger charge is -2.22. The maximum absolute atomic E-state index is 5.71. The Labute approximate surface area is 103 Å². The molecule has 3 heteroatoms. The van der Waals surface area contributed by atoms with Gasteiger partial charge in [0.1, 0.15) is 5.75 Å². The van der Waals surface area contributed by atoms with Crippen LogP contribution in [0, 0.1) is 13.8 Å². The minimum absolute atomic E-state index is 0.459. The van der Waals surface area contributed by atoms with Crippen LogP contribution in [0.15, 0.2) is 18.2 Å². The van der Waals surface area contributed by atoms with Gasteiger partial charge in [0.15, 0.2) is 5.79 Å². The van der Waals surface area contributed by atoms with Crippen molar-refractivity contribution in [3.8, 4) is 5.75 Å². The van der Waals surface area contributed by atoms with Gasteiger partial charge in [-0.1, -0.05) is 6.07 Å². The Morgan fingerprint density at radius 1 is 1.18 bits per heavy atom. The molecule has 3 nitrogen and oxygen atoms in total. The van der Waals surface area contributed by atoms with Crippen LogP contribution >= 0.6 is 0 Å². The number of hydrogen-bond acceptors (Lipinski definition) is 3. The Bertz CT molecular complexity index is 381. The maximum Gasteiger partial charge on any atom is 0.168 e. The van der Waals surface area contributed by atoms with Crippen molar-refractivity contribution in [1.29, 1.82) is 0 Å². The molecular formula is C14H20O3. The zero-order chi connectivity index (χ0) is 12.3. The Morgan fingerprint density at radius 2 is 1.88 bits per heavy atom. The lowest BCUT2D eigenvalue weighted by Crippen LogP contribution is -2.27. The fraction of sp³-hybridized carbons (Fsp3) is 0.571. The highest BCUT2D eigenvalue weighted by molar-refractivity contribution is 5.33. The van der Waals surface area contributed by atoms with Gasteiger partial charge < -0.3 is 14.2 Å². The molecule has 1 fully saturated rings. The normalized spacial score (nSPS) is 18.3. The van der Waals surface area contributed by atoms with Crippen LogP contribution < -0.4 is 4.74 Å². The molecule has 94 valence electrons. The molecule has 17 heavy (non-hydrogen) atoms. The summed E-state index contributed by atoms with van der Waals surface area (Å²) < 4.78 is 16.7. The van der Waals surface area contributed by atoms with Gasteiger partial charge in [-0.15, -0.1) is 0 Å². The van der Waals surface area contributed by atoms with Gasteiger partial charge in [-0.05, 0) is 44.0 Å². The van der Waals surface area contributed by atoms with Crippen molar-refractivity contribution in [2.45, 2.75) is 33.0 Å².